The Morgan fingerprint density at radius 2 is 2.12 bits per heavy atom. The zero-order valence-corrected chi connectivity index (χ0v) is 10.9. The van der Waals surface area contributed by atoms with Gasteiger partial charge in [0.2, 0.25) is 0 Å². The Kier molecular flexibility index (Phi) is 5.49. The van der Waals surface area contributed by atoms with Gasteiger partial charge >= 0.3 is 5.97 Å². The summed E-state index contributed by atoms with van der Waals surface area (Å²) in [5, 5.41) is 3.16. The molecule has 0 saturated heterocycles. The fourth-order valence-electron chi connectivity index (χ4n) is 1.31. The third kappa shape index (κ3) is 3.94. The molecule has 0 radical (unpaired) electrons. The highest BCUT2D eigenvalue weighted by atomic mass is 32.1. The van der Waals surface area contributed by atoms with Crippen LogP contribution < -0.4 is 5.32 Å². The van der Waals surface area contributed by atoms with E-state index >= 15 is 0 Å². The molecule has 0 aliphatic carbocycles. The Balaban J connectivity index is 2.36. The lowest BCUT2D eigenvalue weighted by molar-refractivity contribution is -0.145. The molecular weight excluding hydrogens is 222 g/mol. The molecule has 0 amide bonds. The predicted molar refractivity (Wildman–Crippen MR) is 66.6 cm³/mol. The Labute approximate surface area is 101 Å². The number of ether oxygens (including phenoxy) is 1. The summed E-state index contributed by atoms with van der Waals surface area (Å²) in [5.41, 5.74) is 0. The largest absolute Gasteiger partial charge is 0.465 e. The number of aryl methyl sites for hydroxylation is 1. The summed E-state index contributed by atoms with van der Waals surface area (Å²) >= 11 is 1.79. The fraction of sp³-hybridized carbons (Fsp3) is 0.583. The van der Waals surface area contributed by atoms with Crippen molar-refractivity contribution in [2.24, 2.45) is 0 Å². The molecule has 0 bridgehead atoms. The van der Waals surface area contributed by atoms with E-state index in [0.717, 1.165) is 13.0 Å². The molecule has 3 nitrogen and oxygen atoms in total. The van der Waals surface area contributed by atoms with Crippen LogP contribution in [-0.2, 0) is 22.5 Å². The molecule has 1 heterocycles. The number of hydrogen-bond acceptors (Lipinski definition) is 4. The summed E-state index contributed by atoms with van der Waals surface area (Å²) in [6.07, 6.45) is 1.07. The van der Waals surface area contributed by atoms with Gasteiger partial charge in [0.1, 0.15) is 6.04 Å². The lowest BCUT2D eigenvalue weighted by atomic mass is 10.3. The highest BCUT2D eigenvalue weighted by molar-refractivity contribution is 7.11. The van der Waals surface area contributed by atoms with Crippen molar-refractivity contribution in [3.8, 4) is 0 Å². The highest BCUT2D eigenvalue weighted by Gasteiger charge is 2.12. The molecule has 16 heavy (non-hydrogen) atoms. The molecule has 0 aromatic carbocycles. The normalized spacial score (nSPS) is 12.4. The van der Waals surface area contributed by atoms with Gasteiger partial charge in [0, 0.05) is 16.3 Å². The van der Waals surface area contributed by atoms with Crippen LogP contribution in [0.15, 0.2) is 12.1 Å². The number of carbonyl (C=O) groups excluding carboxylic acids is 1. The first-order chi connectivity index (χ1) is 7.67. The molecule has 1 rings (SSSR count). The van der Waals surface area contributed by atoms with E-state index in [-0.39, 0.29) is 12.0 Å². The number of rotatable bonds is 6. The monoisotopic (exact) mass is 241 g/mol. The minimum absolute atomic E-state index is 0.185. The Hall–Kier alpha value is -0.870. The van der Waals surface area contributed by atoms with Gasteiger partial charge in [-0.25, -0.2) is 0 Å². The van der Waals surface area contributed by atoms with Crippen LogP contribution in [0, 0.1) is 0 Å². The van der Waals surface area contributed by atoms with Gasteiger partial charge < -0.3 is 4.74 Å². The zero-order chi connectivity index (χ0) is 12.0. The van der Waals surface area contributed by atoms with Crippen LogP contribution in [0.2, 0.25) is 0 Å². The maximum atomic E-state index is 11.3. The van der Waals surface area contributed by atoms with E-state index in [0.29, 0.717) is 6.61 Å². The van der Waals surface area contributed by atoms with Gasteiger partial charge in [-0.2, -0.15) is 0 Å². The first-order valence-corrected chi connectivity index (χ1v) is 6.46. The van der Waals surface area contributed by atoms with Gasteiger partial charge in [-0.1, -0.05) is 6.92 Å². The van der Waals surface area contributed by atoms with Crippen molar-refractivity contribution in [2.45, 2.75) is 39.8 Å². The molecule has 4 heteroatoms. The number of carbonyl (C=O) groups is 1. The second kappa shape index (κ2) is 6.66. The zero-order valence-electron chi connectivity index (χ0n) is 10.1. The Bertz CT molecular complexity index is 336. The maximum absolute atomic E-state index is 11.3. The average molecular weight is 241 g/mol. The van der Waals surface area contributed by atoms with E-state index in [1.54, 1.807) is 11.3 Å². The van der Waals surface area contributed by atoms with E-state index in [4.69, 9.17) is 4.74 Å². The minimum Gasteiger partial charge on any atom is -0.465 e. The molecule has 1 unspecified atom stereocenters. The van der Waals surface area contributed by atoms with Crippen LogP contribution in [0.1, 0.15) is 30.5 Å². The SMILES string of the molecule is CCOC(=O)C(C)NCc1ccc(CC)s1. The number of thiophene rings is 1. The van der Waals surface area contributed by atoms with Crippen molar-refractivity contribution in [3.63, 3.8) is 0 Å². The number of esters is 1. The molecule has 1 N–H and O–H groups in total. The third-order valence-electron chi connectivity index (χ3n) is 2.29. The second-order valence-corrected chi connectivity index (χ2v) is 4.83. The van der Waals surface area contributed by atoms with Crippen molar-refractivity contribution < 1.29 is 9.53 Å². The van der Waals surface area contributed by atoms with E-state index < -0.39 is 0 Å². The minimum atomic E-state index is -0.243. The van der Waals surface area contributed by atoms with Gasteiger partial charge in [-0.3, -0.25) is 10.1 Å². The van der Waals surface area contributed by atoms with Gasteiger partial charge in [0.05, 0.1) is 6.61 Å². The Morgan fingerprint density at radius 1 is 1.44 bits per heavy atom. The van der Waals surface area contributed by atoms with E-state index in [9.17, 15) is 4.79 Å². The first kappa shape index (κ1) is 13.2. The van der Waals surface area contributed by atoms with Crippen LogP contribution in [0.5, 0.6) is 0 Å². The highest BCUT2D eigenvalue weighted by Crippen LogP contribution is 2.16. The van der Waals surface area contributed by atoms with Crippen molar-refractivity contribution in [1.82, 2.24) is 5.32 Å². The predicted octanol–water partition coefficient (Wildman–Crippen LogP) is 2.35. The third-order valence-corrected chi connectivity index (χ3v) is 3.52. The van der Waals surface area contributed by atoms with E-state index in [2.05, 4.69) is 24.4 Å². The number of nitrogens with one attached hydrogen (secondary N) is 1. The van der Waals surface area contributed by atoms with Crippen molar-refractivity contribution >= 4 is 17.3 Å². The molecule has 0 fully saturated rings. The molecule has 0 saturated carbocycles. The smallest absolute Gasteiger partial charge is 0.322 e. The molecule has 0 aliphatic rings. The van der Waals surface area contributed by atoms with Gasteiger partial charge in [0.25, 0.3) is 0 Å². The van der Waals surface area contributed by atoms with E-state index in [1.165, 1.54) is 9.75 Å². The lowest BCUT2D eigenvalue weighted by Gasteiger charge is -2.11. The Morgan fingerprint density at radius 3 is 2.69 bits per heavy atom. The van der Waals surface area contributed by atoms with Crippen LogP contribution in [0.25, 0.3) is 0 Å². The van der Waals surface area contributed by atoms with Crippen LogP contribution >= 0.6 is 11.3 Å². The molecular formula is C12H19NO2S. The van der Waals surface area contributed by atoms with Crippen molar-refractivity contribution in [2.75, 3.05) is 6.61 Å². The molecule has 0 aliphatic heterocycles. The number of hydrogen-bond donors (Lipinski definition) is 1. The average Bonchev–Trinajstić information content (AvgIpc) is 2.74. The topological polar surface area (TPSA) is 38.3 Å². The maximum Gasteiger partial charge on any atom is 0.322 e. The lowest BCUT2D eigenvalue weighted by Crippen LogP contribution is -2.34. The first-order valence-electron chi connectivity index (χ1n) is 5.65. The summed E-state index contributed by atoms with van der Waals surface area (Å²) in [5.74, 6) is -0.185. The van der Waals surface area contributed by atoms with Crippen LogP contribution in [0.4, 0.5) is 0 Å². The van der Waals surface area contributed by atoms with Gasteiger partial charge in [-0.15, -0.1) is 11.3 Å². The van der Waals surface area contributed by atoms with Crippen molar-refractivity contribution in [3.05, 3.63) is 21.9 Å². The van der Waals surface area contributed by atoms with Crippen molar-refractivity contribution in [1.29, 1.82) is 0 Å². The second-order valence-electron chi connectivity index (χ2n) is 3.58. The van der Waals surface area contributed by atoms with Crippen LogP contribution in [-0.4, -0.2) is 18.6 Å². The molecule has 1 aromatic heterocycles. The summed E-state index contributed by atoms with van der Waals surface area (Å²) in [6, 6.07) is 4.00. The molecule has 90 valence electrons. The molecule has 1 atom stereocenters. The summed E-state index contributed by atoms with van der Waals surface area (Å²) < 4.78 is 4.92. The summed E-state index contributed by atoms with van der Waals surface area (Å²) in [6.45, 7) is 6.95. The van der Waals surface area contributed by atoms with Gasteiger partial charge in [-0.05, 0) is 32.4 Å². The quantitative estimate of drug-likeness (QED) is 0.777. The molecule has 0 spiro atoms. The molecule has 1 aromatic rings. The summed E-state index contributed by atoms with van der Waals surface area (Å²) in [7, 11) is 0. The standard InChI is InChI=1S/C12H19NO2S/c1-4-10-6-7-11(16-10)8-13-9(3)12(14)15-5-2/h6-7,9,13H,4-5,8H2,1-3H3. The van der Waals surface area contributed by atoms with E-state index in [1.807, 2.05) is 13.8 Å². The summed E-state index contributed by atoms with van der Waals surface area (Å²) in [4.78, 5) is 14.0. The van der Waals surface area contributed by atoms with Gasteiger partial charge in [0.15, 0.2) is 0 Å². The van der Waals surface area contributed by atoms with Crippen LogP contribution in [0.3, 0.4) is 0 Å². The fourth-order valence-corrected chi connectivity index (χ4v) is 2.22.